The van der Waals surface area contributed by atoms with Crippen LogP contribution in [0.3, 0.4) is 0 Å². The molecule has 0 amide bonds. The molecule has 5 fully saturated rings. The average molecular weight is 242 g/mol. The molecule has 0 aromatic rings. The zero-order valence-electron chi connectivity index (χ0n) is 11.4. The molecule has 0 saturated heterocycles. The lowest BCUT2D eigenvalue weighted by atomic mass is 9.56. The van der Waals surface area contributed by atoms with Gasteiger partial charge in [0.2, 0.25) is 0 Å². The van der Waals surface area contributed by atoms with Crippen molar-refractivity contribution in [2.75, 3.05) is 0 Å². The van der Waals surface area contributed by atoms with Crippen LogP contribution in [0, 0.1) is 47.3 Å². The first-order chi connectivity index (χ1) is 8.90. The van der Waals surface area contributed by atoms with E-state index in [-0.39, 0.29) is 0 Å². The van der Waals surface area contributed by atoms with E-state index in [2.05, 4.69) is 12.2 Å². The topological polar surface area (TPSA) is 0 Å². The van der Waals surface area contributed by atoms with Gasteiger partial charge in [0.15, 0.2) is 0 Å². The van der Waals surface area contributed by atoms with E-state index in [1.54, 1.807) is 44.9 Å². The SMILES string of the molecule is C1=CC2CC1CC2C1CCC2C3CCC(CC3)C21. The van der Waals surface area contributed by atoms with Gasteiger partial charge in [0.1, 0.15) is 0 Å². The number of fused-ring (bicyclic) bond motifs is 4. The summed E-state index contributed by atoms with van der Waals surface area (Å²) in [4.78, 5) is 0. The molecule has 0 spiro atoms. The maximum Gasteiger partial charge on any atom is -0.0196 e. The van der Waals surface area contributed by atoms with Crippen molar-refractivity contribution in [1.82, 2.24) is 0 Å². The second-order valence-electron chi connectivity index (χ2n) is 8.10. The minimum absolute atomic E-state index is 0.986. The minimum Gasteiger partial charge on any atom is -0.0851 e. The Labute approximate surface area is 111 Å². The molecule has 0 nitrogen and oxygen atoms in total. The van der Waals surface area contributed by atoms with Crippen molar-refractivity contribution in [3.8, 4) is 0 Å². The lowest BCUT2D eigenvalue weighted by Crippen LogP contribution is -2.41. The Morgan fingerprint density at radius 1 is 0.611 bits per heavy atom. The van der Waals surface area contributed by atoms with Crippen molar-refractivity contribution in [2.24, 2.45) is 47.3 Å². The van der Waals surface area contributed by atoms with Gasteiger partial charge in [0.05, 0.1) is 0 Å². The summed E-state index contributed by atoms with van der Waals surface area (Å²) in [5, 5.41) is 0. The summed E-state index contributed by atoms with van der Waals surface area (Å²) in [6.07, 6.45) is 17.8. The number of hydrogen-bond acceptors (Lipinski definition) is 0. The highest BCUT2D eigenvalue weighted by atomic mass is 14.6. The van der Waals surface area contributed by atoms with Crippen LogP contribution in [0.4, 0.5) is 0 Å². The first kappa shape index (κ1) is 10.5. The minimum atomic E-state index is 0.986. The van der Waals surface area contributed by atoms with Gasteiger partial charge in [-0.2, -0.15) is 0 Å². The molecular weight excluding hydrogens is 216 g/mol. The van der Waals surface area contributed by atoms with Crippen LogP contribution in [0.5, 0.6) is 0 Å². The Balaban J connectivity index is 1.44. The van der Waals surface area contributed by atoms with Gasteiger partial charge in [-0.25, -0.2) is 0 Å². The second-order valence-corrected chi connectivity index (χ2v) is 8.10. The van der Waals surface area contributed by atoms with Crippen LogP contribution >= 0.6 is 0 Å². The fourth-order valence-electron chi connectivity index (χ4n) is 7.11. The molecule has 6 aliphatic carbocycles. The molecule has 4 bridgehead atoms. The van der Waals surface area contributed by atoms with Gasteiger partial charge in [-0.3, -0.25) is 0 Å². The van der Waals surface area contributed by atoms with Crippen LogP contribution in [0.15, 0.2) is 12.2 Å². The third-order valence-corrected chi connectivity index (χ3v) is 7.67. The highest BCUT2D eigenvalue weighted by molar-refractivity contribution is 5.13. The lowest BCUT2D eigenvalue weighted by molar-refractivity contribution is 0.00684. The van der Waals surface area contributed by atoms with Crippen molar-refractivity contribution in [1.29, 1.82) is 0 Å². The summed E-state index contributed by atoms with van der Waals surface area (Å²) in [7, 11) is 0. The first-order valence-electron chi connectivity index (χ1n) is 8.58. The van der Waals surface area contributed by atoms with Crippen LogP contribution < -0.4 is 0 Å². The third kappa shape index (κ3) is 1.28. The zero-order chi connectivity index (χ0) is 11.7. The Hall–Kier alpha value is -0.260. The maximum absolute atomic E-state index is 2.59. The summed E-state index contributed by atoms with van der Waals surface area (Å²) in [6, 6.07) is 0. The van der Waals surface area contributed by atoms with Crippen molar-refractivity contribution >= 4 is 0 Å². The smallest absolute Gasteiger partial charge is 0.0196 e. The Bertz CT molecular complexity index is 373. The quantitative estimate of drug-likeness (QED) is 0.587. The number of allylic oxidation sites excluding steroid dienone is 2. The first-order valence-corrected chi connectivity index (χ1v) is 8.58. The molecule has 0 aliphatic heterocycles. The van der Waals surface area contributed by atoms with Gasteiger partial charge in [-0.05, 0) is 98.7 Å². The molecule has 0 heterocycles. The van der Waals surface area contributed by atoms with Gasteiger partial charge in [0.25, 0.3) is 0 Å². The summed E-state index contributed by atoms with van der Waals surface area (Å²) < 4.78 is 0. The van der Waals surface area contributed by atoms with E-state index in [0.29, 0.717) is 0 Å². The zero-order valence-corrected chi connectivity index (χ0v) is 11.4. The van der Waals surface area contributed by atoms with Crippen LogP contribution in [-0.2, 0) is 0 Å². The summed E-state index contributed by atoms with van der Waals surface area (Å²) >= 11 is 0. The lowest BCUT2D eigenvalue weighted by Gasteiger charge is -2.49. The van der Waals surface area contributed by atoms with Gasteiger partial charge >= 0.3 is 0 Å². The van der Waals surface area contributed by atoms with E-state index < -0.39 is 0 Å². The molecule has 0 aromatic heterocycles. The standard InChI is InChI=1S/C18H26/c1-2-14-9-11(1)10-17(14)16-8-7-15-12-3-5-13(6-4-12)18(15)16/h1-2,11-18H,3-10H2. The van der Waals surface area contributed by atoms with Crippen LogP contribution in [0.25, 0.3) is 0 Å². The fourth-order valence-corrected chi connectivity index (χ4v) is 7.11. The number of hydrogen-bond donors (Lipinski definition) is 0. The highest BCUT2D eigenvalue weighted by Crippen LogP contribution is 2.62. The summed E-state index contributed by atoms with van der Waals surface area (Å²) in [5.41, 5.74) is 0. The van der Waals surface area contributed by atoms with Crippen LogP contribution in [0.2, 0.25) is 0 Å². The fraction of sp³-hybridized carbons (Fsp3) is 0.889. The van der Waals surface area contributed by atoms with Crippen LogP contribution in [0.1, 0.15) is 51.4 Å². The Morgan fingerprint density at radius 3 is 2.11 bits per heavy atom. The average Bonchev–Trinajstić information content (AvgIpc) is 3.14. The summed E-state index contributed by atoms with van der Waals surface area (Å²) in [6.45, 7) is 0. The van der Waals surface area contributed by atoms with Gasteiger partial charge in [-0.1, -0.05) is 12.2 Å². The Morgan fingerprint density at radius 2 is 1.39 bits per heavy atom. The molecule has 0 aromatic carbocycles. The largest absolute Gasteiger partial charge is 0.0851 e. The molecule has 5 saturated carbocycles. The van der Waals surface area contributed by atoms with Crippen molar-refractivity contribution < 1.29 is 0 Å². The molecule has 18 heavy (non-hydrogen) atoms. The van der Waals surface area contributed by atoms with Crippen LogP contribution in [-0.4, -0.2) is 0 Å². The molecule has 98 valence electrons. The predicted octanol–water partition coefficient (Wildman–Crippen LogP) is 4.66. The molecular formula is C18H26. The molecule has 0 radical (unpaired) electrons. The molecule has 6 aliphatic rings. The summed E-state index contributed by atoms with van der Waals surface area (Å²) in [5.74, 6) is 8.88. The molecule has 0 heteroatoms. The van der Waals surface area contributed by atoms with E-state index in [9.17, 15) is 0 Å². The van der Waals surface area contributed by atoms with Gasteiger partial charge in [0, 0.05) is 0 Å². The van der Waals surface area contributed by atoms with Gasteiger partial charge < -0.3 is 0 Å². The van der Waals surface area contributed by atoms with E-state index >= 15 is 0 Å². The van der Waals surface area contributed by atoms with Crippen molar-refractivity contribution in [3.05, 3.63) is 12.2 Å². The Kier molecular flexibility index (Phi) is 2.13. The van der Waals surface area contributed by atoms with Crippen molar-refractivity contribution in [2.45, 2.75) is 51.4 Å². The molecule has 6 rings (SSSR count). The third-order valence-electron chi connectivity index (χ3n) is 7.67. The monoisotopic (exact) mass is 242 g/mol. The molecule has 0 N–H and O–H groups in total. The van der Waals surface area contributed by atoms with E-state index in [4.69, 9.17) is 0 Å². The normalized spacial score (nSPS) is 60.4. The highest BCUT2D eigenvalue weighted by Gasteiger charge is 2.54. The van der Waals surface area contributed by atoms with Gasteiger partial charge in [-0.15, -0.1) is 0 Å². The maximum atomic E-state index is 2.59. The van der Waals surface area contributed by atoms with E-state index in [1.807, 2.05) is 0 Å². The molecule has 6 unspecified atom stereocenters. The van der Waals surface area contributed by atoms with E-state index in [0.717, 1.165) is 35.5 Å². The predicted molar refractivity (Wildman–Crippen MR) is 74.0 cm³/mol. The van der Waals surface area contributed by atoms with Crippen molar-refractivity contribution in [3.63, 3.8) is 0 Å². The molecule has 6 atom stereocenters. The number of rotatable bonds is 1. The van der Waals surface area contributed by atoms with E-state index in [1.165, 1.54) is 18.3 Å². The second kappa shape index (κ2) is 3.64.